The number of ether oxygens (including phenoxy) is 1. The molecule has 150 valence electrons. The lowest BCUT2D eigenvalue weighted by molar-refractivity contribution is -0.199. The Morgan fingerprint density at radius 3 is 2.52 bits per heavy atom. The van der Waals surface area contributed by atoms with Gasteiger partial charge in [-0.3, -0.25) is 4.79 Å². The lowest BCUT2D eigenvalue weighted by Gasteiger charge is -2.65. The lowest BCUT2D eigenvalue weighted by Crippen LogP contribution is -2.74. The fraction of sp³-hybridized carbons (Fsp3) is 0.435. The Labute approximate surface area is 179 Å². The molecule has 1 aliphatic heterocycles. The first-order chi connectivity index (χ1) is 13.6. The summed E-state index contributed by atoms with van der Waals surface area (Å²) in [5, 5.41) is 9.15. The Kier molecular flexibility index (Phi) is 4.51. The number of rotatable bonds is 3. The summed E-state index contributed by atoms with van der Waals surface area (Å²) in [5.74, 6) is 0.798. The highest BCUT2D eigenvalue weighted by Crippen LogP contribution is 2.59. The van der Waals surface area contributed by atoms with Gasteiger partial charge in [0.1, 0.15) is 16.5 Å². The number of benzene rings is 1. The van der Waals surface area contributed by atoms with Gasteiger partial charge in [-0.25, -0.2) is 4.98 Å². The SMILES string of the molecule is Cc1cc(OC2C(C)(C)C(N3Cc4nc(Br)ccc4C3=O)C2(C)C)ccc1C#N. The van der Waals surface area contributed by atoms with Crippen LogP contribution in [0.4, 0.5) is 0 Å². The Morgan fingerprint density at radius 2 is 1.90 bits per heavy atom. The first-order valence-corrected chi connectivity index (χ1v) is 10.5. The summed E-state index contributed by atoms with van der Waals surface area (Å²) in [7, 11) is 0. The van der Waals surface area contributed by atoms with Gasteiger partial charge in [0.25, 0.3) is 5.91 Å². The molecular weight excluding hydrogens is 430 g/mol. The maximum atomic E-state index is 13.1. The Balaban J connectivity index is 1.60. The van der Waals surface area contributed by atoms with Crippen molar-refractivity contribution in [2.75, 3.05) is 0 Å². The normalized spacial score (nSPS) is 23.9. The predicted molar refractivity (Wildman–Crippen MR) is 113 cm³/mol. The van der Waals surface area contributed by atoms with Crippen LogP contribution in [0.1, 0.15) is 54.9 Å². The maximum Gasteiger partial charge on any atom is 0.256 e. The van der Waals surface area contributed by atoms with Crippen LogP contribution in [-0.4, -0.2) is 27.9 Å². The van der Waals surface area contributed by atoms with Crippen molar-refractivity contribution in [3.05, 3.63) is 57.3 Å². The molecule has 1 aromatic carbocycles. The molecule has 2 aliphatic rings. The Morgan fingerprint density at radius 1 is 1.21 bits per heavy atom. The topological polar surface area (TPSA) is 66.2 Å². The molecule has 0 atom stereocenters. The third kappa shape index (κ3) is 2.95. The van der Waals surface area contributed by atoms with Crippen LogP contribution < -0.4 is 4.74 Å². The third-order valence-electron chi connectivity index (χ3n) is 6.40. The van der Waals surface area contributed by atoms with Crippen molar-refractivity contribution in [1.82, 2.24) is 9.88 Å². The molecule has 1 fully saturated rings. The van der Waals surface area contributed by atoms with Crippen LogP contribution in [0.3, 0.4) is 0 Å². The molecule has 4 rings (SSSR count). The van der Waals surface area contributed by atoms with E-state index in [0.717, 1.165) is 21.6 Å². The van der Waals surface area contributed by atoms with Gasteiger partial charge in [-0.05, 0) is 58.7 Å². The van der Waals surface area contributed by atoms with Crippen LogP contribution >= 0.6 is 15.9 Å². The van der Waals surface area contributed by atoms with Gasteiger partial charge >= 0.3 is 0 Å². The van der Waals surface area contributed by atoms with Crippen molar-refractivity contribution in [3.63, 3.8) is 0 Å². The molecule has 0 N–H and O–H groups in total. The average molecular weight is 454 g/mol. The molecular formula is C23H24BrN3O2. The monoisotopic (exact) mass is 453 g/mol. The van der Waals surface area contributed by atoms with Gasteiger partial charge in [-0.15, -0.1) is 0 Å². The number of hydrogen-bond acceptors (Lipinski definition) is 4. The number of halogens is 1. The summed E-state index contributed by atoms with van der Waals surface area (Å²) in [6, 6.07) is 11.4. The van der Waals surface area contributed by atoms with Crippen LogP contribution in [0.25, 0.3) is 0 Å². The van der Waals surface area contributed by atoms with Crippen molar-refractivity contribution in [2.45, 2.75) is 53.3 Å². The summed E-state index contributed by atoms with van der Waals surface area (Å²) < 4.78 is 7.16. The van der Waals surface area contributed by atoms with E-state index in [9.17, 15) is 4.79 Å². The van der Waals surface area contributed by atoms with E-state index in [1.54, 1.807) is 6.07 Å². The molecule has 0 radical (unpaired) electrons. The molecule has 1 aliphatic carbocycles. The zero-order chi connectivity index (χ0) is 21.1. The largest absolute Gasteiger partial charge is 0.489 e. The fourth-order valence-electron chi connectivity index (χ4n) is 5.57. The number of nitrogens with zero attached hydrogens (tertiary/aromatic N) is 3. The van der Waals surface area contributed by atoms with Gasteiger partial charge in [0.2, 0.25) is 0 Å². The first-order valence-electron chi connectivity index (χ1n) is 9.71. The summed E-state index contributed by atoms with van der Waals surface area (Å²) >= 11 is 3.40. The van der Waals surface area contributed by atoms with E-state index < -0.39 is 0 Å². The van der Waals surface area contributed by atoms with Gasteiger partial charge in [-0.1, -0.05) is 27.7 Å². The van der Waals surface area contributed by atoms with E-state index in [-0.39, 0.29) is 28.9 Å². The second-order valence-electron chi connectivity index (χ2n) is 9.19. The first kappa shape index (κ1) is 19.9. The molecule has 0 saturated heterocycles. The van der Waals surface area contributed by atoms with Gasteiger partial charge in [0, 0.05) is 16.9 Å². The summed E-state index contributed by atoms with van der Waals surface area (Å²) in [6.07, 6.45) is -0.0662. The van der Waals surface area contributed by atoms with Crippen molar-refractivity contribution in [3.8, 4) is 11.8 Å². The van der Waals surface area contributed by atoms with Crippen LogP contribution in [0.2, 0.25) is 0 Å². The minimum atomic E-state index is -0.236. The number of nitriles is 1. The van der Waals surface area contributed by atoms with Crippen LogP contribution in [0, 0.1) is 29.1 Å². The number of fused-ring (bicyclic) bond motifs is 1. The second-order valence-corrected chi connectivity index (χ2v) is 10.0. The molecule has 29 heavy (non-hydrogen) atoms. The van der Waals surface area contributed by atoms with E-state index in [1.165, 1.54) is 0 Å². The molecule has 1 aromatic heterocycles. The highest BCUT2D eigenvalue weighted by atomic mass is 79.9. The molecule has 1 amide bonds. The average Bonchev–Trinajstić information content (AvgIpc) is 2.94. The smallest absolute Gasteiger partial charge is 0.256 e. The van der Waals surface area contributed by atoms with E-state index in [4.69, 9.17) is 10.00 Å². The predicted octanol–water partition coefficient (Wildman–Crippen LogP) is 4.86. The maximum absolute atomic E-state index is 13.1. The van der Waals surface area contributed by atoms with Gasteiger partial charge in [0.15, 0.2) is 0 Å². The van der Waals surface area contributed by atoms with Crippen LogP contribution in [0.5, 0.6) is 5.75 Å². The Bertz CT molecular complexity index is 1040. The highest BCUT2D eigenvalue weighted by molar-refractivity contribution is 9.10. The quantitative estimate of drug-likeness (QED) is 0.622. The molecule has 2 heterocycles. The standard InChI is InChI=1S/C23H24BrN3O2/c1-13-10-15(7-6-14(13)11-25)29-21-22(2,3)20(23(21,4)5)27-12-17-16(19(27)28)8-9-18(24)26-17/h6-10,20-21H,12H2,1-5H3. The van der Waals surface area contributed by atoms with Gasteiger partial charge in [-0.2, -0.15) is 5.26 Å². The van der Waals surface area contributed by atoms with E-state index >= 15 is 0 Å². The number of carbonyl (C=O) groups is 1. The molecule has 1 saturated carbocycles. The molecule has 0 bridgehead atoms. The fourth-order valence-corrected chi connectivity index (χ4v) is 5.92. The van der Waals surface area contributed by atoms with Crippen molar-refractivity contribution < 1.29 is 9.53 Å². The minimum absolute atomic E-state index is 0.0277. The summed E-state index contributed by atoms with van der Waals surface area (Å²) in [6.45, 7) is 11.1. The number of pyridine rings is 1. The number of hydrogen-bond donors (Lipinski definition) is 0. The lowest BCUT2D eigenvalue weighted by atomic mass is 9.49. The molecule has 5 nitrogen and oxygen atoms in total. The second kappa shape index (κ2) is 6.56. The van der Waals surface area contributed by atoms with Crippen LogP contribution in [0.15, 0.2) is 34.9 Å². The van der Waals surface area contributed by atoms with E-state index in [2.05, 4.69) is 54.7 Å². The van der Waals surface area contributed by atoms with Crippen LogP contribution in [-0.2, 0) is 6.54 Å². The van der Waals surface area contributed by atoms with Crippen molar-refractivity contribution in [1.29, 1.82) is 5.26 Å². The molecule has 6 heteroatoms. The summed E-state index contributed by atoms with van der Waals surface area (Å²) in [4.78, 5) is 19.5. The number of carbonyl (C=O) groups excluding carboxylic acids is 1. The molecule has 0 unspecified atom stereocenters. The van der Waals surface area contributed by atoms with Gasteiger partial charge in [0.05, 0.1) is 29.4 Å². The minimum Gasteiger partial charge on any atom is -0.489 e. The van der Waals surface area contributed by atoms with E-state index in [0.29, 0.717) is 17.7 Å². The highest BCUT2D eigenvalue weighted by Gasteiger charge is 2.67. The summed E-state index contributed by atoms with van der Waals surface area (Å²) in [5.41, 5.74) is 2.59. The Hall–Kier alpha value is -2.39. The zero-order valence-corrected chi connectivity index (χ0v) is 18.9. The van der Waals surface area contributed by atoms with Crippen molar-refractivity contribution in [2.24, 2.45) is 10.8 Å². The number of amides is 1. The zero-order valence-electron chi connectivity index (χ0n) is 17.3. The number of aryl methyl sites for hydroxylation is 1. The molecule has 2 aromatic rings. The van der Waals surface area contributed by atoms with Crippen molar-refractivity contribution >= 4 is 21.8 Å². The van der Waals surface area contributed by atoms with E-state index in [1.807, 2.05) is 36.1 Å². The number of aromatic nitrogens is 1. The van der Waals surface area contributed by atoms with Gasteiger partial charge < -0.3 is 9.64 Å². The third-order valence-corrected chi connectivity index (χ3v) is 6.84. The molecule has 0 spiro atoms.